The number of hydrogen-bond acceptors (Lipinski definition) is 4. The lowest BCUT2D eigenvalue weighted by atomic mass is 9.73. The van der Waals surface area contributed by atoms with Gasteiger partial charge >= 0.3 is 0 Å². The average Bonchev–Trinajstić information content (AvgIpc) is 3.19. The lowest BCUT2D eigenvalue weighted by Gasteiger charge is -2.44. The second-order valence-corrected chi connectivity index (χ2v) is 14.3. The Morgan fingerprint density at radius 3 is 2.57 bits per heavy atom. The summed E-state index contributed by atoms with van der Waals surface area (Å²) in [4.78, 5) is 0. The first kappa shape index (κ1) is 20.1. The van der Waals surface area contributed by atoms with E-state index in [-0.39, 0.29) is 16.2 Å². The molecule has 0 aromatic heterocycles. The quantitative estimate of drug-likeness (QED) is 0.177. The van der Waals surface area contributed by atoms with Crippen molar-refractivity contribution in [2.45, 2.75) is 81.9 Å². The second-order valence-electron chi connectivity index (χ2n) is 8.42. The lowest BCUT2D eigenvalue weighted by molar-refractivity contribution is -0.176. The number of halogens is 1. The van der Waals surface area contributed by atoms with E-state index < -0.39 is 8.32 Å². The van der Waals surface area contributed by atoms with E-state index >= 15 is 0 Å². The van der Waals surface area contributed by atoms with E-state index in [0.717, 1.165) is 30.1 Å². The molecule has 4 nitrogen and oxygen atoms in total. The van der Waals surface area contributed by atoms with Crippen LogP contribution in [0.5, 0.6) is 0 Å². The zero-order chi connectivity index (χ0) is 17.4. The molecule has 0 N–H and O–H groups in total. The molecule has 6 heteroatoms. The molecular formula is C17H33IO4Si. The van der Waals surface area contributed by atoms with E-state index in [1.807, 2.05) is 0 Å². The average molecular weight is 456 g/mol. The van der Waals surface area contributed by atoms with Gasteiger partial charge in [-0.3, -0.25) is 0 Å². The molecule has 0 aromatic carbocycles. The van der Waals surface area contributed by atoms with Gasteiger partial charge in [0.05, 0.1) is 12.7 Å². The Hall–Kier alpha value is 0.787. The van der Waals surface area contributed by atoms with Crippen LogP contribution >= 0.6 is 22.6 Å². The smallest absolute Gasteiger partial charge is 0.192 e. The van der Waals surface area contributed by atoms with Crippen molar-refractivity contribution in [1.29, 1.82) is 0 Å². The molecule has 0 spiro atoms. The van der Waals surface area contributed by atoms with Crippen molar-refractivity contribution >= 4 is 30.9 Å². The summed E-state index contributed by atoms with van der Waals surface area (Å²) in [6.45, 7) is 12.4. The molecule has 0 unspecified atom stereocenters. The molecule has 0 radical (unpaired) electrons. The standard InChI is InChI=1S/C17H33IO4Si/c1-15(2,3)23(5,6)21-12-17-14(22-17)8-7-9-16(17,10-11-18)20-13-19-4/h14H,7-13H2,1-6H3/t14-,16-,17-/m0/s1. The van der Waals surface area contributed by atoms with Crippen LogP contribution in [0.1, 0.15) is 46.5 Å². The Morgan fingerprint density at radius 2 is 2.00 bits per heavy atom. The van der Waals surface area contributed by atoms with E-state index in [1.54, 1.807) is 7.11 Å². The van der Waals surface area contributed by atoms with Crippen LogP contribution in [0.4, 0.5) is 0 Å². The molecule has 2 fully saturated rings. The van der Waals surface area contributed by atoms with Crippen molar-refractivity contribution in [3.05, 3.63) is 0 Å². The van der Waals surface area contributed by atoms with Crippen molar-refractivity contribution in [1.82, 2.24) is 0 Å². The maximum absolute atomic E-state index is 6.55. The van der Waals surface area contributed by atoms with Gasteiger partial charge in [0, 0.05) is 11.5 Å². The molecule has 0 amide bonds. The molecule has 2 rings (SSSR count). The summed E-state index contributed by atoms with van der Waals surface area (Å²) in [5.74, 6) is 0. The van der Waals surface area contributed by atoms with Gasteiger partial charge in [0.15, 0.2) is 8.32 Å². The number of ether oxygens (including phenoxy) is 3. The Bertz CT molecular complexity index is 408. The van der Waals surface area contributed by atoms with E-state index in [9.17, 15) is 0 Å². The predicted octanol–water partition coefficient (Wildman–Crippen LogP) is 4.51. The highest BCUT2D eigenvalue weighted by Crippen LogP contribution is 2.57. The Balaban J connectivity index is 2.16. The van der Waals surface area contributed by atoms with Gasteiger partial charge in [0.1, 0.15) is 18.0 Å². The zero-order valence-corrected chi connectivity index (χ0v) is 18.7. The highest BCUT2D eigenvalue weighted by Gasteiger charge is 2.71. The van der Waals surface area contributed by atoms with Crippen molar-refractivity contribution in [2.75, 3.05) is 24.9 Å². The van der Waals surface area contributed by atoms with Gasteiger partial charge in [-0.2, -0.15) is 0 Å². The summed E-state index contributed by atoms with van der Waals surface area (Å²) in [7, 11) is -0.109. The first-order valence-electron chi connectivity index (χ1n) is 8.65. The number of fused-ring (bicyclic) bond motifs is 1. The summed E-state index contributed by atoms with van der Waals surface area (Å²) in [5.41, 5.74) is -0.514. The van der Waals surface area contributed by atoms with E-state index in [1.165, 1.54) is 0 Å². The Kier molecular flexibility index (Phi) is 6.28. The van der Waals surface area contributed by atoms with Crippen molar-refractivity contribution < 1.29 is 18.6 Å². The van der Waals surface area contributed by atoms with Gasteiger partial charge in [0.2, 0.25) is 0 Å². The number of alkyl halides is 1. The minimum Gasteiger partial charge on any atom is -0.414 e. The lowest BCUT2D eigenvalue weighted by Crippen LogP contribution is -2.56. The van der Waals surface area contributed by atoms with Crippen LogP contribution in [0.25, 0.3) is 0 Å². The van der Waals surface area contributed by atoms with Gasteiger partial charge in [0.25, 0.3) is 0 Å². The molecule has 0 bridgehead atoms. The fourth-order valence-corrected chi connectivity index (χ4v) is 5.27. The second kappa shape index (κ2) is 7.19. The molecule has 1 saturated carbocycles. The van der Waals surface area contributed by atoms with Gasteiger partial charge in [-0.25, -0.2) is 0 Å². The zero-order valence-electron chi connectivity index (χ0n) is 15.5. The molecule has 0 aromatic rings. The molecule has 1 saturated heterocycles. The van der Waals surface area contributed by atoms with Crippen LogP contribution in [-0.2, 0) is 18.6 Å². The highest BCUT2D eigenvalue weighted by molar-refractivity contribution is 14.1. The fourth-order valence-electron chi connectivity index (χ4n) is 3.39. The van der Waals surface area contributed by atoms with Gasteiger partial charge in [-0.05, 0) is 43.8 Å². The third-order valence-corrected chi connectivity index (χ3v) is 11.1. The number of rotatable bonds is 8. The summed E-state index contributed by atoms with van der Waals surface area (Å²) in [6.07, 6.45) is 4.61. The molecule has 1 aliphatic carbocycles. The Morgan fingerprint density at radius 1 is 1.30 bits per heavy atom. The number of methoxy groups -OCH3 is 1. The predicted molar refractivity (Wildman–Crippen MR) is 104 cm³/mol. The first-order chi connectivity index (χ1) is 10.6. The van der Waals surface area contributed by atoms with Crippen LogP contribution in [0.3, 0.4) is 0 Å². The van der Waals surface area contributed by atoms with Crippen LogP contribution in [0.2, 0.25) is 18.1 Å². The minimum absolute atomic E-state index is 0.210. The van der Waals surface area contributed by atoms with E-state index in [0.29, 0.717) is 19.5 Å². The Labute approximate surface area is 156 Å². The molecule has 23 heavy (non-hydrogen) atoms. The molecule has 1 heterocycles. The molecule has 1 aliphatic heterocycles. The molecule has 136 valence electrons. The van der Waals surface area contributed by atoms with Gasteiger partial charge in [-0.15, -0.1) is 0 Å². The van der Waals surface area contributed by atoms with Crippen molar-refractivity contribution in [3.8, 4) is 0 Å². The van der Waals surface area contributed by atoms with E-state index in [2.05, 4.69) is 56.5 Å². The summed E-state index contributed by atoms with van der Waals surface area (Å²) in [5, 5.41) is 0.210. The SMILES string of the molecule is COCO[C@]1(CCI)CCC[C@@H]2O[C@@]21CO[Si](C)(C)C(C)(C)C. The maximum Gasteiger partial charge on any atom is 0.192 e. The first-order valence-corrected chi connectivity index (χ1v) is 13.1. The van der Waals surface area contributed by atoms with Crippen LogP contribution in [0, 0.1) is 0 Å². The van der Waals surface area contributed by atoms with Crippen molar-refractivity contribution in [3.63, 3.8) is 0 Å². The van der Waals surface area contributed by atoms with Crippen LogP contribution in [-0.4, -0.2) is 50.6 Å². The normalized spacial score (nSPS) is 34.3. The van der Waals surface area contributed by atoms with E-state index in [4.69, 9.17) is 18.6 Å². The maximum atomic E-state index is 6.55. The summed E-state index contributed by atoms with van der Waals surface area (Å²) >= 11 is 2.44. The fraction of sp³-hybridized carbons (Fsp3) is 1.00. The topological polar surface area (TPSA) is 40.2 Å². The number of hydrogen-bond donors (Lipinski definition) is 0. The largest absolute Gasteiger partial charge is 0.414 e. The molecule has 3 atom stereocenters. The van der Waals surface area contributed by atoms with Crippen LogP contribution in [0.15, 0.2) is 0 Å². The summed E-state index contributed by atoms with van der Waals surface area (Å²) in [6, 6.07) is 0. The minimum atomic E-state index is -1.79. The summed E-state index contributed by atoms with van der Waals surface area (Å²) < 4.78 is 25.3. The monoisotopic (exact) mass is 456 g/mol. The van der Waals surface area contributed by atoms with Crippen LogP contribution < -0.4 is 0 Å². The van der Waals surface area contributed by atoms with Gasteiger partial charge < -0.3 is 18.6 Å². The third-order valence-electron chi connectivity index (χ3n) is 6.04. The highest BCUT2D eigenvalue weighted by atomic mass is 127. The molecule has 2 aliphatic rings. The van der Waals surface area contributed by atoms with Gasteiger partial charge in [-0.1, -0.05) is 43.4 Å². The van der Waals surface area contributed by atoms with Crippen molar-refractivity contribution in [2.24, 2.45) is 0 Å². The molecular weight excluding hydrogens is 423 g/mol. The third kappa shape index (κ3) is 3.82. The number of epoxide rings is 1.